The molecule has 2 fully saturated rings. The van der Waals surface area contributed by atoms with E-state index < -0.39 is 0 Å². The zero-order valence-corrected chi connectivity index (χ0v) is 16.0. The van der Waals surface area contributed by atoms with Crippen LogP contribution in [0.2, 0.25) is 0 Å². The molecule has 0 spiro atoms. The minimum atomic E-state index is 0.235. The molecule has 0 aliphatic carbocycles. The van der Waals surface area contributed by atoms with Crippen molar-refractivity contribution < 1.29 is 4.74 Å². The maximum atomic E-state index is 5.68. The van der Waals surface area contributed by atoms with Crippen molar-refractivity contribution in [1.82, 2.24) is 15.1 Å². The lowest BCUT2D eigenvalue weighted by Gasteiger charge is -2.45. The Labute approximate surface area is 157 Å². The number of ether oxygens (including phenoxy) is 1. The summed E-state index contributed by atoms with van der Waals surface area (Å²) in [7, 11) is 1.91. The molecule has 0 amide bonds. The summed E-state index contributed by atoms with van der Waals surface area (Å²) in [6, 6.07) is 8.79. The van der Waals surface area contributed by atoms with Crippen molar-refractivity contribution in [1.29, 1.82) is 0 Å². The Balaban J connectivity index is 1.43. The highest BCUT2D eigenvalue weighted by atomic mass is 16.5. The highest BCUT2D eigenvalue weighted by molar-refractivity contribution is 5.80. The van der Waals surface area contributed by atoms with Crippen molar-refractivity contribution in [3.05, 3.63) is 35.4 Å². The average molecular weight is 357 g/mol. The molecule has 0 aromatic heterocycles. The minimum absolute atomic E-state index is 0.235. The van der Waals surface area contributed by atoms with Crippen LogP contribution in [0.15, 0.2) is 29.3 Å². The van der Waals surface area contributed by atoms with Crippen molar-refractivity contribution in [3.8, 4) is 0 Å². The third-order valence-corrected chi connectivity index (χ3v) is 6.42. The van der Waals surface area contributed by atoms with Crippen LogP contribution in [-0.4, -0.2) is 67.7 Å². The highest BCUT2D eigenvalue weighted by Crippen LogP contribution is 2.31. The second kappa shape index (κ2) is 7.97. The Morgan fingerprint density at radius 3 is 2.58 bits per heavy atom. The van der Waals surface area contributed by atoms with E-state index in [2.05, 4.69) is 44.4 Å². The number of fused-ring (bicyclic) bond motifs is 1. The molecule has 0 atom stereocenters. The molecule has 142 valence electrons. The molecule has 1 aromatic rings. The highest BCUT2D eigenvalue weighted by Gasteiger charge is 2.39. The Bertz CT molecular complexity index is 633. The van der Waals surface area contributed by atoms with Crippen molar-refractivity contribution in [3.63, 3.8) is 0 Å². The Morgan fingerprint density at radius 1 is 1.12 bits per heavy atom. The summed E-state index contributed by atoms with van der Waals surface area (Å²) in [5, 5.41) is 3.74. The van der Waals surface area contributed by atoms with E-state index >= 15 is 0 Å². The second-order valence-corrected chi connectivity index (χ2v) is 7.87. The molecule has 26 heavy (non-hydrogen) atoms. The van der Waals surface area contributed by atoms with Crippen molar-refractivity contribution in [2.45, 2.75) is 44.2 Å². The molecule has 0 saturated carbocycles. The fraction of sp³-hybridized carbons (Fsp3) is 0.667. The van der Waals surface area contributed by atoms with Gasteiger partial charge in [-0.1, -0.05) is 24.3 Å². The van der Waals surface area contributed by atoms with E-state index in [0.29, 0.717) is 0 Å². The summed E-state index contributed by atoms with van der Waals surface area (Å²) in [5.74, 6) is 1.05. The molecule has 1 aromatic carbocycles. The van der Waals surface area contributed by atoms with E-state index in [9.17, 15) is 0 Å². The number of nitrogens with zero attached hydrogens (tertiary/aromatic N) is 3. The fourth-order valence-corrected chi connectivity index (χ4v) is 4.80. The number of nitrogens with one attached hydrogen (secondary N) is 1. The van der Waals surface area contributed by atoms with Gasteiger partial charge >= 0.3 is 0 Å². The number of aliphatic imine (C=N–C) groups is 1. The monoisotopic (exact) mass is 356 g/mol. The summed E-state index contributed by atoms with van der Waals surface area (Å²) in [6.07, 6.45) is 6.02. The van der Waals surface area contributed by atoms with Gasteiger partial charge < -0.3 is 15.0 Å². The largest absolute Gasteiger partial charge is 0.381 e. The molecule has 0 radical (unpaired) electrons. The SMILES string of the molecule is CN=C(NCC1(N2CCCC2)CCOCC1)N1CCc2ccccc2C1. The molecular formula is C21H32N4O. The quantitative estimate of drug-likeness (QED) is 0.666. The molecule has 2 saturated heterocycles. The summed E-state index contributed by atoms with van der Waals surface area (Å²) >= 11 is 0. The summed E-state index contributed by atoms with van der Waals surface area (Å²) in [4.78, 5) is 9.72. The molecule has 0 bridgehead atoms. The molecule has 3 aliphatic rings. The minimum Gasteiger partial charge on any atom is -0.381 e. The van der Waals surface area contributed by atoms with E-state index in [4.69, 9.17) is 4.74 Å². The molecule has 5 nitrogen and oxygen atoms in total. The van der Waals surface area contributed by atoms with E-state index in [1.54, 1.807) is 0 Å². The topological polar surface area (TPSA) is 40.1 Å². The van der Waals surface area contributed by atoms with E-state index in [1.807, 2.05) is 7.05 Å². The number of likely N-dealkylation sites (tertiary alicyclic amines) is 1. The van der Waals surface area contributed by atoms with Gasteiger partial charge in [-0.2, -0.15) is 0 Å². The third kappa shape index (κ3) is 3.60. The normalized spacial score (nSPS) is 23.7. The van der Waals surface area contributed by atoms with Crippen molar-refractivity contribution >= 4 is 5.96 Å². The first-order valence-electron chi connectivity index (χ1n) is 10.2. The zero-order valence-electron chi connectivity index (χ0n) is 16.0. The van der Waals surface area contributed by atoms with Crippen molar-refractivity contribution in [2.24, 2.45) is 4.99 Å². The first kappa shape index (κ1) is 17.8. The van der Waals surface area contributed by atoms with Gasteiger partial charge in [-0.05, 0) is 56.3 Å². The van der Waals surface area contributed by atoms with Crippen LogP contribution in [0.4, 0.5) is 0 Å². The van der Waals surface area contributed by atoms with Crippen LogP contribution in [0.1, 0.15) is 36.8 Å². The summed E-state index contributed by atoms with van der Waals surface area (Å²) < 4.78 is 5.68. The standard InChI is InChI=1S/C21H32N4O/c1-22-20(24-13-8-18-6-2-3-7-19(18)16-24)23-17-21(9-14-26-15-10-21)25-11-4-5-12-25/h2-3,6-7H,4-5,8-17H2,1H3,(H,22,23). The van der Waals surface area contributed by atoms with Gasteiger partial charge in [0, 0.05) is 45.4 Å². The van der Waals surface area contributed by atoms with Gasteiger partial charge in [0.15, 0.2) is 5.96 Å². The predicted molar refractivity (Wildman–Crippen MR) is 106 cm³/mol. The third-order valence-electron chi connectivity index (χ3n) is 6.42. The first-order valence-corrected chi connectivity index (χ1v) is 10.2. The van der Waals surface area contributed by atoms with Crippen LogP contribution in [0, 0.1) is 0 Å². The zero-order chi connectivity index (χ0) is 17.8. The lowest BCUT2D eigenvalue weighted by Crippen LogP contribution is -2.59. The van der Waals surface area contributed by atoms with Gasteiger partial charge in [-0.3, -0.25) is 9.89 Å². The number of hydrogen-bond donors (Lipinski definition) is 1. The number of rotatable bonds is 3. The molecule has 3 heterocycles. The van der Waals surface area contributed by atoms with Crippen LogP contribution in [0.3, 0.4) is 0 Å². The first-order chi connectivity index (χ1) is 12.8. The Kier molecular flexibility index (Phi) is 5.46. The van der Waals surface area contributed by atoms with Gasteiger partial charge in [-0.25, -0.2) is 0 Å². The van der Waals surface area contributed by atoms with Crippen LogP contribution in [0.5, 0.6) is 0 Å². The van der Waals surface area contributed by atoms with Crippen LogP contribution in [-0.2, 0) is 17.7 Å². The van der Waals surface area contributed by atoms with Crippen LogP contribution in [0.25, 0.3) is 0 Å². The van der Waals surface area contributed by atoms with Gasteiger partial charge in [0.25, 0.3) is 0 Å². The van der Waals surface area contributed by atoms with Gasteiger partial charge in [0.05, 0.1) is 0 Å². The molecule has 0 unspecified atom stereocenters. The average Bonchev–Trinajstić information content (AvgIpc) is 3.25. The van der Waals surface area contributed by atoms with E-state index in [1.165, 1.54) is 37.1 Å². The summed E-state index contributed by atoms with van der Waals surface area (Å²) in [6.45, 7) is 7.20. The maximum Gasteiger partial charge on any atom is 0.194 e. The molecule has 3 aliphatic heterocycles. The van der Waals surface area contributed by atoms with Gasteiger partial charge in [0.2, 0.25) is 0 Å². The Hall–Kier alpha value is -1.59. The molecule has 5 heteroatoms. The number of benzene rings is 1. The second-order valence-electron chi connectivity index (χ2n) is 7.87. The number of hydrogen-bond acceptors (Lipinski definition) is 3. The Morgan fingerprint density at radius 2 is 1.85 bits per heavy atom. The lowest BCUT2D eigenvalue weighted by atomic mass is 9.88. The van der Waals surface area contributed by atoms with Crippen LogP contribution >= 0.6 is 0 Å². The van der Waals surface area contributed by atoms with Gasteiger partial charge in [0.1, 0.15) is 0 Å². The smallest absolute Gasteiger partial charge is 0.194 e. The number of guanidine groups is 1. The molecular weight excluding hydrogens is 324 g/mol. The van der Waals surface area contributed by atoms with E-state index in [0.717, 1.165) is 58.1 Å². The molecule has 1 N–H and O–H groups in total. The molecule has 4 rings (SSSR count). The lowest BCUT2D eigenvalue weighted by molar-refractivity contribution is -0.0166. The maximum absolute atomic E-state index is 5.68. The van der Waals surface area contributed by atoms with E-state index in [-0.39, 0.29) is 5.54 Å². The summed E-state index contributed by atoms with van der Waals surface area (Å²) in [5.41, 5.74) is 3.15. The van der Waals surface area contributed by atoms with Crippen LogP contribution < -0.4 is 5.32 Å². The van der Waals surface area contributed by atoms with Gasteiger partial charge in [-0.15, -0.1) is 0 Å². The predicted octanol–water partition coefficient (Wildman–Crippen LogP) is 2.27. The fourth-order valence-electron chi connectivity index (χ4n) is 4.80. The van der Waals surface area contributed by atoms with Crippen molar-refractivity contribution in [2.75, 3.05) is 46.4 Å².